The van der Waals surface area contributed by atoms with Gasteiger partial charge >= 0.3 is 0 Å². The van der Waals surface area contributed by atoms with Crippen LogP contribution in [0.4, 0.5) is 0 Å². The van der Waals surface area contributed by atoms with Crippen LogP contribution in [-0.4, -0.2) is 34.8 Å². The molecule has 4 rings (SSSR count). The van der Waals surface area contributed by atoms with E-state index >= 15 is 0 Å². The Bertz CT molecular complexity index is 607. The van der Waals surface area contributed by atoms with Gasteiger partial charge in [0.15, 0.2) is 0 Å². The SMILES string of the molecule is O=C(NCc1csc(C2CC2)n1)[C@H]1CCCN(C(=O)C2CC2)C1. The van der Waals surface area contributed by atoms with E-state index < -0.39 is 0 Å². The summed E-state index contributed by atoms with van der Waals surface area (Å²) in [6.45, 7) is 1.91. The van der Waals surface area contributed by atoms with Crippen LogP contribution in [-0.2, 0) is 16.1 Å². The van der Waals surface area contributed by atoms with Crippen molar-refractivity contribution in [1.82, 2.24) is 15.2 Å². The number of rotatable bonds is 5. The van der Waals surface area contributed by atoms with E-state index in [0.717, 1.165) is 37.9 Å². The van der Waals surface area contributed by atoms with E-state index in [9.17, 15) is 9.59 Å². The van der Waals surface area contributed by atoms with Crippen LogP contribution in [0.25, 0.3) is 0 Å². The van der Waals surface area contributed by atoms with Gasteiger partial charge in [0.25, 0.3) is 0 Å². The first-order chi connectivity index (χ1) is 11.2. The summed E-state index contributed by atoms with van der Waals surface area (Å²) in [5.41, 5.74) is 0.965. The predicted octanol–water partition coefficient (Wildman–Crippen LogP) is 2.29. The van der Waals surface area contributed by atoms with Crippen LogP contribution in [0.1, 0.15) is 55.1 Å². The summed E-state index contributed by atoms with van der Waals surface area (Å²) < 4.78 is 0. The molecule has 1 N–H and O–H groups in total. The molecule has 0 radical (unpaired) electrons. The van der Waals surface area contributed by atoms with Gasteiger partial charge < -0.3 is 10.2 Å². The summed E-state index contributed by atoms with van der Waals surface area (Å²) in [4.78, 5) is 31.1. The Balaban J connectivity index is 1.28. The second-order valence-corrected chi connectivity index (χ2v) is 7.96. The van der Waals surface area contributed by atoms with Crippen molar-refractivity contribution in [3.63, 3.8) is 0 Å². The standard InChI is InChI=1S/C17H23N3O2S/c21-15(18-8-14-10-23-16(19-14)11-3-4-11)13-2-1-7-20(9-13)17(22)12-5-6-12/h10-13H,1-9H2,(H,18,21)/t13-/m0/s1. The number of hydrogen-bond donors (Lipinski definition) is 1. The largest absolute Gasteiger partial charge is 0.350 e. The van der Waals surface area contributed by atoms with E-state index in [2.05, 4.69) is 15.7 Å². The highest BCUT2D eigenvalue weighted by Crippen LogP contribution is 2.41. The Hall–Kier alpha value is -1.43. The van der Waals surface area contributed by atoms with Gasteiger partial charge in [-0.05, 0) is 38.5 Å². The van der Waals surface area contributed by atoms with Crippen LogP contribution < -0.4 is 5.32 Å². The average Bonchev–Trinajstić information content (AvgIpc) is 3.50. The van der Waals surface area contributed by atoms with Crippen LogP contribution in [0.2, 0.25) is 0 Å². The lowest BCUT2D eigenvalue weighted by molar-refractivity contribution is -0.136. The zero-order valence-corrected chi connectivity index (χ0v) is 14.1. The number of likely N-dealkylation sites (tertiary alicyclic amines) is 1. The van der Waals surface area contributed by atoms with Crippen LogP contribution >= 0.6 is 11.3 Å². The molecule has 23 heavy (non-hydrogen) atoms. The Morgan fingerprint density at radius 1 is 1.22 bits per heavy atom. The molecule has 2 amide bonds. The summed E-state index contributed by atoms with van der Waals surface area (Å²) in [7, 11) is 0. The van der Waals surface area contributed by atoms with Gasteiger partial charge in [0.1, 0.15) is 0 Å². The normalized spacial score (nSPS) is 24.5. The van der Waals surface area contributed by atoms with E-state index in [1.807, 2.05) is 4.90 Å². The quantitative estimate of drug-likeness (QED) is 0.899. The number of piperidine rings is 1. The molecule has 1 aromatic heterocycles. The molecule has 3 aliphatic rings. The van der Waals surface area contributed by atoms with Gasteiger partial charge in [-0.15, -0.1) is 11.3 Å². The molecule has 1 saturated heterocycles. The lowest BCUT2D eigenvalue weighted by atomic mass is 9.96. The second kappa shape index (κ2) is 6.23. The van der Waals surface area contributed by atoms with Crippen molar-refractivity contribution in [2.75, 3.05) is 13.1 Å². The topological polar surface area (TPSA) is 62.3 Å². The Morgan fingerprint density at radius 2 is 2.04 bits per heavy atom. The third kappa shape index (κ3) is 3.57. The van der Waals surface area contributed by atoms with Crippen molar-refractivity contribution >= 4 is 23.2 Å². The highest BCUT2D eigenvalue weighted by molar-refractivity contribution is 7.09. The number of nitrogens with zero attached hydrogens (tertiary/aromatic N) is 2. The fraction of sp³-hybridized carbons (Fsp3) is 0.706. The molecule has 1 aromatic rings. The fourth-order valence-corrected chi connectivity index (χ4v) is 4.21. The maximum absolute atomic E-state index is 12.4. The van der Waals surface area contributed by atoms with Crippen LogP contribution in [0, 0.1) is 11.8 Å². The average molecular weight is 333 g/mol. The first kappa shape index (κ1) is 15.1. The third-order valence-corrected chi connectivity index (χ3v) is 6.03. The lowest BCUT2D eigenvalue weighted by Crippen LogP contribution is -2.45. The molecule has 0 bridgehead atoms. The van der Waals surface area contributed by atoms with Crippen LogP contribution in [0.3, 0.4) is 0 Å². The minimum Gasteiger partial charge on any atom is -0.350 e. The van der Waals surface area contributed by atoms with E-state index in [-0.39, 0.29) is 23.7 Å². The van der Waals surface area contributed by atoms with E-state index in [0.29, 0.717) is 19.0 Å². The molecule has 3 fully saturated rings. The molecule has 6 heteroatoms. The van der Waals surface area contributed by atoms with Gasteiger partial charge in [-0.1, -0.05) is 0 Å². The number of nitrogens with one attached hydrogen (secondary N) is 1. The van der Waals surface area contributed by atoms with Crippen LogP contribution in [0.5, 0.6) is 0 Å². The first-order valence-electron chi connectivity index (χ1n) is 8.71. The van der Waals surface area contributed by atoms with E-state index in [1.54, 1.807) is 11.3 Å². The molecule has 2 saturated carbocycles. The minimum atomic E-state index is -0.0620. The molecule has 1 atom stereocenters. The van der Waals surface area contributed by atoms with Gasteiger partial charge in [0.2, 0.25) is 11.8 Å². The summed E-state index contributed by atoms with van der Waals surface area (Å²) in [6, 6.07) is 0. The molecule has 1 aliphatic heterocycles. The third-order valence-electron chi connectivity index (χ3n) is 4.97. The molecule has 0 unspecified atom stereocenters. The number of carbonyl (C=O) groups is 2. The highest BCUT2D eigenvalue weighted by Gasteiger charge is 2.36. The van der Waals surface area contributed by atoms with Crippen molar-refractivity contribution in [3.05, 3.63) is 16.1 Å². The van der Waals surface area contributed by atoms with Crippen molar-refractivity contribution in [1.29, 1.82) is 0 Å². The number of aromatic nitrogens is 1. The fourth-order valence-electron chi connectivity index (χ4n) is 3.22. The summed E-state index contributed by atoms with van der Waals surface area (Å²) in [5, 5.41) is 6.28. The molecular formula is C17H23N3O2S. The summed E-state index contributed by atoms with van der Waals surface area (Å²) >= 11 is 1.71. The number of thiazole rings is 1. The molecule has 2 heterocycles. The summed E-state index contributed by atoms with van der Waals surface area (Å²) in [6.07, 6.45) is 6.38. The molecule has 0 aromatic carbocycles. The zero-order valence-electron chi connectivity index (χ0n) is 13.3. The minimum absolute atomic E-state index is 0.0620. The predicted molar refractivity (Wildman–Crippen MR) is 88.0 cm³/mol. The van der Waals surface area contributed by atoms with E-state index in [4.69, 9.17) is 0 Å². The van der Waals surface area contributed by atoms with Crippen molar-refractivity contribution in [3.8, 4) is 0 Å². The Morgan fingerprint density at radius 3 is 2.78 bits per heavy atom. The molecule has 2 aliphatic carbocycles. The maximum atomic E-state index is 12.4. The highest BCUT2D eigenvalue weighted by atomic mass is 32.1. The van der Waals surface area contributed by atoms with Crippen LogP contribution in [0.15, 0.2) is 5.38 Å². The summed E-state index contributed by atoms with van der Waals surface area (Å²) in [5.74, 6) is 1.18. The molecule has 0 spiro atoms. The smallest absolute Gasteiger partial charge is 0.225 e. The van der Waals surface area contributed by atoms with Gasteiger partial charge in [-0.25, -0.2) is 4.98 Å². The Labute approximate surface area is 140 Å². The molecule has 124 valence electrons. The molecule has 5 nitrogen and oxygen atoms in total. The zero-order chi connectivity index (χ0) is 15.8. The Kier molecular flexibility index (Phi) is 4.09. The van der Waals surface area contributed by atoms with Crippen molar-refractivity contribution in [2.45, 2.75) is 51.0 Å². The van der Waals surface area contributed by atoms with Gasteiger partial charge in [0, 0.05) is 30.3 Å². The van der Waals surface area contributed by atoms with Crippen molar-refractivity contribution < 1.29 is 9.59 Å². The monoisotopic (exact) mass is 333 g/mol. The van der Waals surface area contributed by atoms with E-state index in [1.165, 1.54) is 17.8 Å². The number of hydrogen-bond acceptors (Lipinski definition) is 4. The van der Waals surface area contributed by atoms with Gasteiger partial charge in [-0.3, -0.25) is 9.59 Å². The maximum Gasteiger partial charge on any atom is 0.225 e. The number of amides is 2. The lowest BCUT2D eigenvalue weighted by Gasteiger charge is -2.32. The number of carbonyl (C=O) groups excluding carboxylic acids is 2. The first-order valence-corrected chi connectivity index (χ1v) is 9.59. The molecular weight excluding hydrogens is 310 g/mol. The van der Waals surface area contributed by atoms with Gasteiger partial charge in [-0.2, -0.15) is 0 Å². The van der Waals surface area contributed by atoms with Crippen molar-refractivity contribution in [2.24, 2.45) is 11.8 Å². The van der Waals surface area contributed by atoms with Gasteiger partial charge in [0.05, 0.1) is 23.2 Å². The second-order valence-electron chi connectivity index (χ2n) is 7.07.